The largest absolute Gasteiger partial charge is 0.508 e. The molecule has 1 aliphatic heterocycles. The second-order valence-electron chi connectivity index (χ2n) is 6.89. The molecule has 0 bridgehead atoms. The van der Waals surface area contributed by atoms with E-state index in [-0.39, 0.29) is 0 Å². The van der Waals surface area contributed by atoms with Crippen LogP contribution in [0.1, 0.15) is 49.3 Å². The molecular formula is C20H27NO. The third-order valence-electron chi connectivity index (χ3n) is 5.47. The van der Waals surface area contributed by atoms with Crippen molar-refractivity contribution in [3.05, 3.63) is 52.1 Å². The third kappa shape index (κ3) is 2.50. The summed E-state index contributed by atoms with van der Waals surface area (Å²) in [5.74, 6) is 0.823. The van der Waals surface area contributed by atoms with Crippen LogP contribution in [0.5, 0.6) is 5.75 Å². The number of likely N-dealkylation sites (N-methyl/N-ethyl adjacent to an activating group) is 1. The number of hydrogen-bond donors (Lipinski definition) is 1. The molecule has 2 nitrogen and oxygen atoms in total. The Balaban J connectivity index is 2.21. The van der Waals surface area contributed by atoms with E-state index < -0.39 is 0 Å². The predicted molar refractivity (Wildman–Crippen MR) is 92.5 cm³/mol. The molecule has 1 aromatic rings. The van der Waals surface area contributed by atoms with Crippen LogP contribution in [0, 0.1) is 6.92 Å². The summed E-state index contributed by atoms with van der Waals surface area (Å²) in [6, 6.07) is 4.76. The molecule has 2 unspecified atom stereocenters. The minimum atomic E-state index is 0.388. The molecule has 3 rings (SSSR count). The van der Waals surface area contributed by atoms with Crippen molar-refractivity contribution >= 4 is 0 Å². The van der Waals surface area contributed by atoms with Gasteiger partial charge in [0.1, 0.15) is 5.75 Å². The van der Waals surface area contributed by atoms with Gasteiger partial charge in [0.2, 0.25) is 0 Å². The minimum absolute atomic E-state index is 0.388. The molecule has 0 saturated carbocycles. The molecule has 1 heterocycles. The molecule has 1 aliphatic carbocycles. The van der Waals surface area contributed by atoms with Crippen molar-refractivity contribution < 1.29 is 5.11 Å². The first kappa shape index (κ1) is 15.4. The number of nitrogens with zero attached hydrogens (tertiary/aromatic N) is 1. The predicted octanol–water partition coefficient (Wildman–Crippen LogP) is 4.33. The van der Waals surface area contributed by atoms with Crippen LogP contribution in [-0.4, -0.2) is 29.6 Å². The average molecular weight is 297 g/mol. The normalized spacial score (nSPS) is 26.0. The number of aryl methyl sites for hydroxylation is 1. The van der Waals surface area contributed by atoms with Gasteiger partial charge in [0.25, 0.3) is 0 Å². The van der Waals surface area contributed by atoms with Gasteiger partial charge in [-0.15, -0.1) is 0 Å². The van der Waals surface area contributed by atoms with Crippen molar-refractivity contribution in [2.75, 3.05) is 13.6 Å². The van der Waals surface area contributed by atoms with Crippen molar-refractivity contribution in [1.29, 1.82) is 0 Å². The highest BCUT2D eigenvalue weighted by atomic mass is 16.3. The van der Waals surface area contributed by atoms with Gasteiger partial charge in [-0.25, -0.2) is 0 Å². The van der Waals surface area contributed by atoms with Crippen LogP contribution in [0.4, 0.5) is 0 Å². The summed E-state index contributed by atoms with van der Waals surface area (Å²) in [6.45, 7) is 7.46. The molecular weight excluding hydrogens is 270 g/mol. The summed E-state index contributed by atoms with van der Waals surface area (Å²) in [4.78, 5) is 2.52. The summed E-state index contributed by atoms with van der Waals surface area (Å²) < 4.78 is 0. The fourth-order valence-electron chi connectivity index (χ4n) is 4.16. The van der Waals surface area contributed by atoms with E-state index in [4.69, 9.17) is 0 Å². The summed E-state index contributed by atoms with van der Waals surface area (Å²) in [5, 5.41) is 10.3. The van der Waals surface area contributed by atoms with E-state index in [1.807, 2.05) is 13.0 Å². The number of phenolic OH excluding ortho intramolecular Hbond substituents is 1. The molecule has 2 heteroatoms. The van der Waals surface area contributed by atoms with Crippen molar-refractivity contribution in [3.63, 3.8) is 0 Å². The van der Waals surface area contributed by atoms with E-state index >= 15 is 0 Å². The van der Waals surface area contributed by atoms with E-state index in [9.17, 15) is 5.11 Å². The average Bonchev–Trinajstić information content (AvgIpc) is 2.61. The zero-order chi connectivity index (χ0) is 15.9. The van der Waals surface area contributed by atoms with Gasteiger partial charge >= 0.3 is 0 Å². The molecule has 22 heavy (non-hydrogen) atoms. The number of allylic oxidation sites excluding steroid dienone is 3. The van der Waals surface area contributed by atoms with Crippen LogP contribution >= 0.6 is 0 Å². The summed E-state index contributed by atoms with van der Waals surface area (Å²) in [7, 11) is 2.25. The molecule has 0 fully saturated rings. The molecule has 1 N–H and O–H groups in total. The van der Waals surface area contributed by atoms with Crippen LogP contribution in [0.2, 0.25) is 0 Å². The Hall–Kier alpha value is -1.54. The summed E-state index contributed by atoms with van der Waals surface area (Å²) in [6.07, 6.45) is 7.90. The molecule has 0 radical (unpaired) electrons. The van der Waals surface area contributed by atoms with Crippen LogP contribution in [0.15, 0.2) is 35.4 Å². The highest BCUT2D eigenvalue weighted by molar-refractivity contribution is 5.50. The van der Waals surface area contributed by atoms with Gasteiger partial charge in [-0.1, -0.05) is 23.8 Å². The van der Waals surface area contributed by atoms with Gasteiger partial charge in [0.05, 0.1) is 0 Å². The standard InChI is InChI=1S/C20H27NO/c1-5-6-16-13(2)7-8-18-20(16)17-12-19(22)14(3)11-15(17)9-10-21(18)4/h5-6,11-12,18,20,22H,7-10H2,1-4H3/b6-5-. The Kier molecular flexibility index (Phi) is 4.14. The van der Waals surface area contributed by atoms with Crippen LogP contribution in [-0.2, 0) is 6.42 Å². The Morgan fingerprint density at radius 1 is 1.23 bits per heavy atom. The van der Waals surface area contributed by atoms with Crippen molar-refractivity contribution in [1.82, 2.24) is 4.90 Å². The molecule has 1 aromatic carbocycles. The number of rotatable bonds is 1. The monoisotopic (exact) mass is 297 g/mol. The molecule has 0 amide bonds. The lowest BCUT2D eigenvalue weighted by Crippen LogP contribution is -2.38. The van der Waals surface area contributed by atoms with Crippen LogP contribution < -0.4 is 0 Å². The Bertz CT molecular complexity index is 641. The van der Waals surface area contributed by atoms with Gasteiger partial charge in [-0.3, -0.25) is 0 Å². The zero-order valence-electron chi connectivity index (χ0n) is 14.2. The van der Waals surface area contributed by atoms with E-state index in [1.165, 1.54) is 35.1 Å². The second kappa shape index (κ2) is 5.92. The second-order valence-corrected chi connectivity index (χ2v) is 6.89. The van der Waals surface area contributed by atoms with Gasteiger partial charge in [0.15, 0.2) is 0 Å². The topological polar surface area (TPSA) is 23.5 Å². The lowest BCUT2D eigenvalue weighted by molar-refractivity contribution is 0.214. The van der Waals surface area contributed by atoms with E-state index in [1.54, 1.807) is 0 Å². The zero-order valence-corrected chi connectivity index (χ0v) is 14.2. The number of benzene rings is 1. The first-order chi connectivity index (χ1) is 10.5. The highest BCUT2D eigenvalue weighted by Crippen LogP contribution is 2.44. The van der Waals surface area contributed by atoms with Gasteiger partial charge < -0.3 is 10.0 Å². The van der Waals surface area contributed by atoms with Gasteiger partial charge in [0, 0.05) is 18.5 Å². The molecule has 0 aromatic heterocycles. The number of aromatic hydroxyl groups is 1. The van der Waals surface area contributed by atoms with Crippen molar-refractivity contribution in [3.8, 4) is 5.75 Å². The Morgan fingerprint density at radius 2 is 2.00 bits per heavy atom. The van der Waals surface area contributed by atoms with E-state index in [0.29, 0.717) is 17.7 Å². The van der Waals surface area contributed by atoms with Crippen LogP contribution in [0.3, 0.4) is 0 Å². The first-order valence-corrected chi connectivity index (χ1v) is 8.38. The van der Waals surface area contributed by atoms with E-state index in [2.05, 4.69) is 44.0 Å². The fraction of sp³-hybridized carbons (Fsp3) is 0.500. The quantitative estimate of drug-likeness (QED) is 0.834. The number of fused-ring (bicyclic) bond motifs is 3. The SMILES string of the molecule is C/C=C\C1=C(C)CCC2C1c1cc(O)c(C)cc1CCN2C. The Morgan fingerprint density at radius 3 is 2.73 bits per heavy atom. The summed E-state index contributed by atoms with van der Waals surface area (Å²) >= 11 is 0. The van der Waals surface area contributed by atoms with Crippen molar-refractivity contribution in [2.24, 2.45) is 0 Å². The van der Waals surface area contributed by atoms with Crippen molar-refractivity contribution in [2.45, 2.75) is 52.0 Å². The number of hydrogen-bond acceptors (Lipinski definition) is 2. The first-order valence-electron chi connectivity index (χ1n) is 8.38. The summed E-state index contributed by atoms with van der Waals surface area (Å²) in [5.41, 5.74) is 6.69. The molecule has 0 spiro atoms. The minimum Gasteiger partial charge on any atom is -0.508 e. The lowest BCUT2D eigenvalue weighted by Gasteiger charge is -2.38. The fourth-order valence-corrected chi connectivity index (χ4v) is 4.16. The maximum Gasteiger partial charge on any atom is 0.118 e. The maximum atomic E-state index is 10.3. The highest BCUT2D eigenvalue weighted by Gasteiger charge is 2.36. The molecule has 0 saturated heterocycles. The smallest absolute Gasteiger partial charge is 0.118 e. The molecule has 2 atom stereocenters. The molecule has 118 valence electrons. The van der Waals surface area contributed by atoms with Crippen LogP contribution in [0.25, 0.3) is 0 Å². The van der Waals surface area contributed by atoms with Gasteiger partial charge in [-0.2, -0.15) is 0 Å². The number of phenols is 1. The maximum absolute atomic E-state index is 10.3. The Labute approximate surface area is 134 Å². The van der Waals surface area contributed by atoms with Gasteiger partial charge in [-0.05, 0) is 75.4 Å². The van der Waals surface area contributed by atoms with E-state index in [0.717, 1.165) is 18.5 Å². The molecule has 2 aliphatic rings. The third-order valence-corrected chi connectivity index (χ3v) is 5.47. The lowest BCUT2D eigenvalue weighted by atomic mass is 9.74.